The average Bonchev–Trinajstić information content (AvgIpc) is 3.10. The predicted octanol–water partition coefficient (Wildman–Crippen LogP) is 11.2. The number of hydrogen-bond acceptors (Lipinski definition) is 3. The lowest BCUT2D eigenvalue weighted by molar-refractivity contribution is 0.332. The van der Waals surface area contributed by atoms with E-state index < -0.39 is 0 Å². The van der Waals surface area contributed by atoms with Gasteiger partial charge in [-0.1, -0.05) is 143 Å². The molecule has 0 radical (unpaired) electrons. The molecule has 224 valence electrons. The average molecular weight is 596 g/mol. The van der Waals surface area contributed by atoms with Gasteiger partial charge in [0, 0.05) is 16.7 Å². The van der Waals surface area contributed by atoms with Crippen LogP contribution in [0.2, 0.25) is 0 Å². The highest BCUT2D eigenvalue weighted by molar-refractivity contribution is 6.09. The zero-order chi connectivity index (χ0) is 31.5. The first-order chi connectivity index (χ1) is 22.2. The summed E-state index contributed by atoms with van der Waals surface area (Å²) in [5.41, 5.74) is 8.87. The minimum Gasteiger partial charge on any atom is -0.208 e. The fourth-order valence-electron chi connectivity index (χ4n) is 7.10. The van der Waals surface area contributed by atoms with Crippen LogP contribution in [-0.4, -0.2) is 15.0 Å². The Morgan fingerprint density at radius 1 is 0.391 bits per heavy atom. The van der Waals surface area contributed by atoms with Gasteiger partial charge in [-0.3, -0.25) is 0 Å². The molecule has 0 saturated carbocycles. The molecule has 3 heteroatoms. The first-order valence-corrected chi connectivity index (χ1v) is 16.2. The smallest absolute Gasteiger partial charge is 0.164 e. The molecule has 0 atom stereocenters. The van der Waals surface area contributed by atoms with Crippen LogP contribution in [0.1, 0.15) is 51.7 Å². The van der Waals surface area contributed by atoms with Crippen molar-refractivity contribution in [1.82, 2.24) is 15.0 Å². The molecular weight excluding hydrogens is 558 g/mol. The normalized spacial score (nSPS) is 15.1. The summed E-state index contributed by atoms with van der Waals surface area (Å²) in [5, 5.41) is 4.88. The van der Waals surface area contributed by atoms with E-state index in [1.807, 2.05) is 60.7 Å². The Hall–Kier alpha value is -5.15. The van der Waals surface area contributed by atoms with E-state index in [1.54, 1.807) is 0 Å². The summed E-state index contributed by atoms with van der Waals surface area (Å²) >= 11 is 0. The fraction of sp³-hybridized carbons (Fsp3) is 0.186. The maximum Gasteiger partial charge on any atom is 0.164 e. The molecule has 0 N–H and O–H groups in total. The monoisotopic (exact) mass is 595 g/mol. The van der Waals surface area contributed by atoms with E-state index in [4.69, 9.17) is 15.0 Å². The van der Waals surface area contributed by atoms with E-state index in [2.05, 4.69) is 94.4 Å². The second-order valence-corrected chi connectivity index (χ2v) is 14.0. The van der Waals surface area contributed by atoms with Gasteiger partial charge in [-0.15, -0.1) is 0 Å². The first-order valence-electron chi connectivity index (χ1n) is 16.2. The van der Waals surface area contributed by atoms with E-state index >= 15 is 0 Å². The maximum atomic E-state index is 4.94. The summed E-state index contributed by atoms with van der Waals surface area (Å²) in [4.78, 5) is 14.7. The molecule has 0 fully saturated rings. The van der Waals surface area contributed by atoms with Crippen LogP contribution in [0.15, 0.2) is 127 Å². The van der Waals surface area contributed by atoms with Crippen molar-refractivity contribution in [1.29, 1.82) is 0 Å². The van der Waals surface area contributed by atoms with Crippen molar-refractivity contribution in [3.8, 4) is 45.3 Å². The number of rotatable bonds is 4. The third-order valence-electron chi connectivity index (χ3n) is 9.98. The highest BCUT2D eigenvalue weighted by Crippen LogP contribution is 2.47. The van der Waals surface area contributed by atoms with Gasteiger partial charge in [0.1, 0.15) is 0 Å². The lowest BCUT2D eigenvalue weighted by Crippen LogP contribution is -2.33. The van der Waals surface area contributed by atoms with Gasteiger partial charge in [-0.2, -0.15) is 0 Å². The summed E-state index contributed by atoms with van der Waals surface area (Å²) in [6.45, 7) is 9.57. The van der Waals surface area contributed by atoms with Gasteiger partial charge in [-0.25, -0.2) is 15.0 Å². The van der Waals surface area contributed by atoms with Crippen LogP contribution in [0, 0.1) is 0 Å². The number of hydrogen-bond donors (Lipinski definition) is 0. The second kappa shape index (κ2) is 10.7. The zero-order valence-corrected chi connectivity index (χ0v) is 26.9. The van der Waals surface area contributed by atoms with E-state index in [0.717, 1.165) is 16.7 Å². The molecule has 46 heavy (non-hydrogen) atoms. The van der Waals surface area contributed by atoms with Crippen LogP contribution in [0.5, 0.6) is 0 Å². The lowest BCUT2D eigenvalue weighted by atomic mass is 9.63. The van der Waals surface area contributed by atoms with Gasteiger partial charge in [0.25, 0.3) is 0 Å². The number of nitrogens with zero attached hydrogens (tertiary/aromatic N) is 3. The first kappa shape index (κ1) is 28.3. The summed E-state index contributed by atoms with van der Waals surface area (Å²) in [6, 6.07) is 45.3. The molecule has 0 bridgehead atoms. The van der Waals surface area contributed by atoms with Crippen LogP contribution in [0.25, 0.3) is 66.8 Å². The van der Waals surface area contributed by atoms with Crippen molar-refractivity contribution in [2.75, 3.05) is 0 Å². The Kier molecular flexibility index (Phi) is 6.61. The van der Waals surface area contributed by atoms with Crippen LogP contribution in [0.3, 0.4) is 0 Å². The molecule has 1 aliphatic rings. The molecule has 8 rings (SSSR count). The molecule has 0 aliphatic heterocycles. The minimum absolute atomic E-state index is 0.188. The van der Waals surface area contributed by atoms with Crippen molar-refractivity contribution in [3.63, 3.8) is 0 Å². The van der Waals surface area contributed by atoms with Gasteiger partial charge in [-0.05, 0) is 79.6 Å². The van der Waals surface area contributed by atoms with Crippen LogP contribution in [-0.2, 0) is 10.8 Å². The molecule has 1 aromatic heterocycles. The van der Waals surface area contributed by atoms with Crippen molar-refractivity contribution in [2.45, 2.75) is 51.4 Å². The summed E-state index contributed by atoms with van der Waals surface area (Å²) in [7, 11) is 0. The third kappa shape index (κ3) is 4.97. The standard InChI is InChI=1S/C43H37N3/c1-42(2)23-24-43(3,4)38-27-31(19-22-37(38)42)30-17-20-35-32(25-30)15-16-33-26-34(18-21-36(33)35)41-45-39(28-11-7-5-8-12-28)44-40(46-41)29-13-9-6-10-14-29/h5-22,25-27H,23-24H2,1-4H3. The number of aromatic nitrogens is 3. The maximum absolute atomic E-state index is 4.94. The summed E-state index contributed by atoms with van der Waals surface area (Å²) in [6.07, 6.45) is 2.45. The van der Waals surface area contributed by atoms with Crippen LogP contribution in [0.4, 0.5) is 0 Å². The van der Waals surface area contributed by atoms with Crippen molar-refractivity contribution >= 4 is 21.5 Å². The van der Waals surface area contributed by atoms with Gasteiger partial charge >= 0.3 is 0 Å². The molecule has 3 nitrogen and oxygen atoms in total. The van der Waals surface area contributed by atoms with Crippen molar-refractivity contribution in [2.24, 2.45) is 0 Å². The van der Waals surface area contributed by atoms with E-state index in [1.165, 1.54) is 56.6 Å². The molecule has 0 amide bonds. The molecule has 0 saturated heterocycles. The highest BCUT2D eigenvalue weighted by atomic mass is 15.0. The van der Waals surface area contributed by atoms with Crippen LogP contribution >= 0.6 is 0 Å². The quantitative estimate of drug-likeness (QED) is 0.190. The molecule has 6 aromatic carbocycles. The van der Waals surface area contributed by atoms with Crippen LogP contribution < -0.4 is 0 Å². The molecule has 1 aliphatic carbocycles. The largest absolute Gasteiger partial charge is 0.208 e. The summed E-state index contributed by atoms with van der Waals surface area (Å²) in [5.74, 6) is 2.01. The molecular formula is C43H37N3. The van der Waals surface area contributed by atoms with Gasteiger partial charge in [0.15, 0.2) is 17.5 Å². The second-order valence-electron chi connectivity index (χ2n) is 14.0. The zero-order valence-electron chi connectivity index (χ0n) is 26.9. The number of fused-ring (bicyclic) bond motifs is 4. The Labute approximate surface area is 271 Å². The van der Waals surface area contributed by atoms with Gasteiger partial charge < -0.3 is 0 Å². The lowest BCUT2D eigenvalue weighted by Gasteiger charge is -2.42. The minimum atomic E-state index is 0.188. The molecule has 7 aromatic rings. The summed E-state index contributed by atoms with van der Waals surface area (Å²) < 4.78 is 0. The molecule has 0 unspecified atom stereocenters. The molecule has 0 spiro atoms. The highest BCUT2D eigenvalue weighted by Gasteiger charge is 2.37. The van der Waals surface area contributed by atoms with Crippen molar-refractivity contribution < 1.29 is 0 Å². The Balaban J connectivity index is 1.20. The molecule has 1 heterocycles. The Morgan fingerprint density at radius 3 is 1.39 bits per heavy atom. The topological polar surface area (TPSA) is 38.7 Å². The Morgan fingerprint density at radius 2 is 0.826 bits per heavy atom. The third-order valence-corrected chi connectivity index (χ3v) is 9.98. The number of benzene rings is 6. The van der Waals surface area contributed by atoms with Crippen molar-refractivity contribution in [3.05, 3.63) is 139 Å². The van der Waals surface area contributed by atoms with Gasteiger partial charge in [0.05, 0.1) is 0 Å². The van der Waals surface area contributed by atoms with E-state index in [-0.39, 0.29) is 10.8 Å². The fourth-order valence-corrected chi connectivity index (χ4v) is 7.10. The van der Waals surface area contributed by atoms with E-state index in [0.29, 0.717) is 17.5 Å². The predicted molar refractivity (Wildman–Crippen MR) is 192 cm³/mol. The SMILES string of the molecule is CC1(C)CCC(C)(C)c2cc(-c3ccc4c(ccc5cc(-c6nc(-c7ccccc7)nc(-c7ccccc7)n6)ccc54)c3)ccc21. The van der Waals surface area contributed by atoms with E-state index in [9.17, 15) is 0 Å². The Bertz CT molecular complexity index is 2190. The van der Waals surface area contributed by atoms with Gasteiger partial charge in [0.2, 0.25) is 0 Å².